The Bertz CT molecular complexity index is 105. The summed E-state index contributed by atoms with van der Waals surface area (Å²) < 4.78 is 0.564. The summed E-state index contributed by atoms with van der Waals surface area (Å²) in [6.07, 6.45) is 2.49. The van der Waals surface area contributed by atoms with Crippen molar-refractivity contribution in [1.29, 1.82) is 0 Å². The quantitative estimate of drug-likeness (QED) is 0.651. The minimum atomic E-state index is 0.564. The van der Waals surface area contributed by atoms with E-state index in [1.165, 1.54) is 18.6 Å². The summed E-state index contributed by atoms with van der Waals surface area (Å²) in [6.45, 7) is 2.21. The molecule has 10 heavy (non-hydrogen) atoms. The average molecular weight is 194 g/mol. The topological polar surface area (TPSA) is 0 Å². The SMILES string of the molecule is CCCC(S)C1CSC1S. The third-order valence-corrected chi connectivity index (χ3v) is 4.64. The molecule has 0 aromatic rings. The zero-order chi connectivity index (χ0) is 7.56. The fourth-order valence-corrected chi connectivity index (χ4v) is 3.77. The average Bonchev–Trinajstić information content (AvgIpc) is 1.85. The first kappa shape index (κ1) is 9.14. The maximum atomic E-state index is 4.53. The van der Waals surface area contributed by atoms with Crippen molar-refractivity contribution < 1.29 is 0 Å². The molecule has 60 valence electrons. The number of thiol groups is 2. The highest BCUT2D eigenvalue weighted by atomic mass is 32.2. The monoisotopic (exact) mass is 194 g/mol. The van der Waals surface area contributed by atoms with Crippen LogP contribution >= 0.6 is 37.0 Å². The first-order valence-corrected chi connectivity index (χ1v) is 5.81. The van der Waals surface area contributed by atoms with Crippen molar-refractivity contribution in [2.75, 3.05) is 5.75 Å². The summed E-state index contributed by atoms with van der Waals surface area (Å²) in [6, 6.07) is 0. The van der Waals surface area contributed by atoms with E-state index < -0.39 is 0 Å². The Balaban J connectivity index is 2.20. The standard InChI is InChI=1S/C7H14S3/c1-2-3-6(8)5-4-10-7(5)9/h5-9H,2-4H2,1H3. The van der Waals surface area contributed by atoms with Crippen LogP contribution in [0, 0.1) is 5.92 Å². The Kier molecular flexibility index (Phi) is 3.81. The van der Waals surface area contributed by atoms with Crippen LogP contribution in [0.2, 0.25) is 0 Å². The molecule has 3 heteroatoms. The van der Waals surface area contributed by atoms with Crippen LogP contribution in [0.25, 0.3) is 0 Å². The molecule has 0 aliphatic carbocycles. The molecule has 0 aromatic heterocycles. The lowest BCUT2D eigenvalue weighted by Crippen LogP contribution is -2.33. The van der Waals surface area contributed by atoms with Crippen LogP contribution in [-0.4, -0.2) is 15.6 Å². The molecule has 0 saturated carbocycles. The third kappa shape index (κ3) is 2.02. The van der Waals surface area contributed by atoms with Crippen LogP contribution in [0.4, 0.5) is 0 Å². The molecule has 3 atom stereocenters. The molecule has 1 fully saturated rings. The molecule has 1 aliphatic rings. The van der Waals surface area contributed by atoms with Crippen LogP contribution in [-0.2, 0) is 0 Å². The van der Waals surface area contributed by atoms with Crippen LogP contribution in [0.5, 0.6) is 0 Å². The minimum absolute atomic E-state index is 0.564. The maximum Gasteiger partial charge on any atom is 0.0519 e. The van der Waals surface area contributed by atoms with Crippen LogP contribution in [0.3, 0.4) is 0 Å². The molecule has 0 nitrogen and oxygen atoms in total. The van der Waals surface area contributed by atoms with Gasteiger partial charge in [-0.25, -0.2) is 0 Å². The molecular formula is C7H14S3. The molecule has 0 spiro atoms. The molecule has 0 N–H and O–H groups in total. The maximum absolute atomic E-state index is 4.53. The highest BCUT2D eigenvalue weighted by Crippen LogP contribution is 2.41. The molecule has 1 saturated heterocycles. The van der Waals surface area contributed by atoms with Gasteiger partial charge >= 0.3 is 0 Å². The van der Waals surface area contributed by atoms with Crippen molar-refractivity contribution in [3.63, 3.8) is 0 Å². The van der Waals surface area contributed by atoms with Gasteiger partial charge in [0.15, 0.2) is 0 Å². The molecule has 0 amide bonds. The van der Waals surface area contributed by atoms with Gasteiger partial charge in [0.25, 0.3) is 0 Å². The second kappa shape index (κ2) is 4.17. The van der Waals surface area contributed by atoms with Crippen molar-refractivity contribution in [2.24, 2.45) is 5.92 Å². The first-order valence-electron chi connectivity index (χ1n) is 3.73. The Morgan fingerprint density at radius 1 is 1.70 bits per heavy atom. The lowest BCUT2D eigenvalue weighted by atomic mass is 10.0. The fourth-order valence-electron chi connectivity index (χ4n) is 1.10. The molecule has 3 unspecified atom stereocenters. The van der Waals surface area contributed by atoms with E-state index in [2.05, 4.69) is 32.2 Å². The lowest BCUT2D eigenvalue weighted by Gasteiger charge is -2.36. The summed E-state index contributed by atoms with van der Waals surface area (Å²) in [5.41, 5.74) is 0. The Hall–Kier alpha value is 1.05. The molecule has 0 aromatic carbocycles. The highest BCUT2D eigenvalue weighted by molar-refractivity contribution is 8.11. The third-order valence-electron chi connectivity index (χ3n) is 1.90. The van der Waals surface area contributed by atoms with Crippen LogP contribution in [0.1, 0.15) is 19.8 Å². The van der Waals surface area contributed by atoms with Gasteiger partial charge in [-0.05, 0) is 6.42 Å². The fraction of sp³-hybridized carbons (Fsp3) is 1.00. The van der Waals surface area contributed by atoms with E-state index in [9.17, 15) is 0 Å². The van der Waals surface area contributed by atoms with E-state index in [1.54, 1.807) is 0 Å². The number of thioether (sulfide) groups is 1. The Labute approximate surface area is 78.4 Å². The Morgan fingerprint density at radius 2 is 2.40 bits per heavy atom. The van der Waals surface area contributed by atoms with Gasteiger partial charge in [0.2, 0.25) is 0 Å². The van der Waals surface area contributed by atoms with Gasteiger partial charge < -0.3 is 0 Å². The molecule has 1 heterocycles. The van der Waals surface area contributed by atoms with E-state index in [1.807, 2.05) is 11.8 Å². The van der Waals surface area contributed by atoms with Crippen molar-refractivity contribution >= 4 is 37.0 Å². The van der Waals surface area contributed by atoms with Crippen molar-refractivity contribution in [1.82, 2.24) is 0 Å². The number of hydrogen-bond acceptors (Lipinski definition) is 3. The summed E-state index contributed by atoms with van der Waals surface area (Å²) >= 11 is 10.9. The van der Waals surface area contributed by atoms with E-state index in [4.69, 9.17) is 0 Å². The number of hydrogen-bond donors (Lipinski definition) is 2. The summed E-state index contributed by atoms with van der Waals surface area (Å²) in [5, 5.41) is 0.591. The first-order chi connectivity index (χ1) is 4.75. The van der Waals surface area contributed by atoms with Gasteiger partial charge in [-0.3, -0.25) is 0 Å². The zero-order valence-corrected chi connectivity index (χ0v) is 8.76. The van der Waals surface area contributed by atoms with Crippen LogP contribution < -0.4 is 0 Å². The van der Waals surface area contributed by atoms with Gasteiger partial charge in [-0.1, -0.05) is 13.3 Å². The summed E-state index contributed by atoms with van der Waals surface area (Å²) in [4.78, 5) is 0. The summed E-state index contributed by atoms with van der Waals surface area (Å²) in [7, 11) is 0. The van der Waals surface area contributed by atoms with E-state index in [0.29, 0.717) is 9.83 Å². The van der Waals surface area contributed by atoms with E-state index in [0.717, 1.165) is 5.92 Å². The van der Waals surface area contributed by atoms with Gasteiger partial charge in [-0.2, -0.15) is 25.3 Å². The highest BCUT2D eigenvalue weighted by Gasteiger charge is 2.32. The van der Waals surface area contributed by atoms with E-state index >= 15 is 0 Å². The van der Waals surface area contributed by atoms with E-state index in [-0.39, 0.29) is 0 Å². The van der Waals surface area contributed by atoms with Crippen molar-refractivity contribution in [2.45, 2.75) is 29.6 Å². The summed E-state index contributed by atoms with van der Waals surface area (Å²) in [5.74, 6) is 2.03. The molecule has 1 aliphatic heterocycles. The molecule has 0 radical (unpaired) electrons. The normalized spacial score (nSPS) is 35.1. The second-order valence-corrected chi connectivity index (χ2v) is 5.49. The zero-order valence-electron chi connectivity index (χ0n) is 6.16. The largest absolute Gasteiger partial charge is 0.176 e. The number of rotatable bonds is 3. The predicted octanol–water partition coefficient (Wildman–Crippen LogP) is 2.70. The van der Waals surface area contributed by atoms with Gasteiger partial charge in [0.1, 0.15) is 0 Å². The lowest BCUT2D eigenvalue weighted by molar-refractivity contribution is 0.547. The minimum Gasteiger partial charge on any atom is -0.176 e. The second-order valence-electron chi connectivity index (χ2n) is 2.74. The smallest absolute Gasteiger partial charge is 0.0519 e. The molecule has 1 rings (SSSR count). The Morgan fingerprint density at radius 3 is 2.70 bits per heavy atom. The van der Waals surface area contributed by atoms with Gasteiger partial charge in [0.05, 0.1) is 4.58 Å². The molecular weight excluding hydrogens is 180 g/mol. The predicted molar refractivity (Wildman–Crippen MR) is 56.4 cm³/mol. The van der Waals surface area contributed by atoms with Crippen molar-refractivity contribution in [3.8, 4) is 0 Å². The molecule has 0 bridgehead atoms. The van der Waals surface area contributed by atoms with Crippen molar-refractivity contribution in [3.05, 3.63) is 0 Å². The van der Waals surface area contributed by atoms with Gasteiger partial charge in [0, 0.05) is 16.9 Å². The van der Waals surface area contributed by atoms with Crippen LogP contribution in [0.15, 0.2) is 0 Å². The van der Waals surface area contributed by atoms with Gasteiger partial charge in [-0.15, -0.1) is 11.8 Å².